The highest BCUT2D eigenvalue weighted by Crippen LogP contribution is 2.31. The highest BCUT2D eigenvalue weighted by Gasteiger charge is 2.37. The molecule has 0 saturated carbocycles. The Kier molecular flexibility index (Phi) is 7.30. The number of nitrogens with one attached hydrogen (secondary N) is 2. The molecule has 4 nitrogen and oxygen atoms in total. The summed E-state index contributed by atoms with van der Waals surface area (Å²) in [6.45, 7) is 0.0261. The van der Waals surface area contributed by atoms with Crippen LogP contribution in [-0.4, -0.2) is 23.6 Å². The van der Waals surface area contributed by atoms with Gasteiger partial charge in [0.2, 0.25) is 11.8 Å². The molecule has 1 atom stereocenters. The number of rotatable bonds is 8. The van der Waals surface area contributed by atoms with Crippen LogP contribution in [0, 0.1) is 0 Å². The van der Waals surface area contributed by atoms with Crippen LogP contribution in [0.2, 0.25) is 0 Å². The quantitative estimate of drug-likeness (QED) is 0.573. The molecule has 2 aromatic rings. The molecule has 0 radical (unpaired) electrons. The molecule has 3 rings (SSSR count). The number of halogens is 3. The van der Waals surface area contributed by atoms with E-state index in [1.807, 2.05) is 30.5 Å². The molecular formula is C23H25F3N2O2S. The van der Waals surface area contributed by atoms with Gasteiger partial charge in [0.15, 0.2) is 0 Å². The Labute approximate surface area is 184 Å². The van der Waals surface area contributed by atoms with Crippen LogP contribution < -0.4 is 10.6 Å². The molecule has 1 saturated heterocycles. The van der Waals surface area contributed by atoms with Gasteiger partial charge in [0.1, 0.15) is 0 Å². The summed E-state index contributed by atoms with van der Waals surface area (Å²) in [7, 11) is 0. The fourth-order valence-electron chi connectivity index (χ4n) is 3.82. The molecule has 1 heterocycles. The number of amides is 2. The maximum absolute atomic E-state index is 12.8. The Morgan fingerprint density at radius 3 is 2.52 bits per heavy atom. The first kappa shape index (κ1) is 23.2. The van der Waals surface area contributed by atoms with E-state index in [1.54, 1.807) is 17.8 Å². The van der Waals surface area contributed by atoms with Gasteiger partial charge >= 0.3 is 6.18 Å². The highest BCUT2D eigenvalue weighted by atomic mass is 32.2. The van der Waals surface area contributed by atoms with E-state index in [2.05, 4.69) is 10.6 Å². The molecule has 0 bridgehead atoms. The normalized spacial score (nSPS) is 18.6. The van der Waals surface area contributed by atoms with Crippen LogP contribution in [0.3, 0.4) is 0 Å². The standard InChI is InChI=1S/C23H25F3N2O2S/c1-31-19-7-5-16(6-8-19)14-22(12-10-21(30)28-22)11-9-20(29)27-15-17-3-2-4-18(13-17)23(24,25)26/h2-8,13H,9-12,14-15H2,1H3,(H,27,29)(H,28,30). The molecule has 2 aromatic carbocycles. The van der Waals surface area contributed by atoms with E-state index >= 15 is 0 Å². The van der Waals surface area contributed by atoms with Crippen LogP contribution in [0.25, 0.3) is 0 Å². The number of thioether (sulfide) groups is 1. The molecule has 0 aliphatic carbocycles. The Morgan fingerprint density at radius 2 is 1.90 bits per heavy atom. The van der Waals surface area contributed by atoms with Crippen LogP contribution in [0.5, 0.6) is 0 Å². The van der Waals surface area contributed by atoms with Crippen molar-refractivity contribution < 1.29 is 22.8 Å². The maximum Gasteiger partial charge on any atom is 0.416 e. The fourth-order valence-corrected chi connectivity index (χ4v) is 4.22. The minimum Gasteiger partial charge on any atom is -0.352 e. The van der Waals surface area contributed by atoms with Gasteiger partial charge in [0, 0.05) is 29.8 Å². The van der Waals surface area contributed by atoms with Crippen molar-refractivity contribution >= 4 is 23.6 Å². The SMILES string of the molecule is CSc1ccc(CC2(CCC(=O)NCc3cccc(C(F)(F)F)c3)CCC(=O)N2)cc1. The summed E-state index contributed by atoms with van der Waals surface area (Å²) in [6.07, 6.45) is -0.0492. The Hall–Kier alpha value is -2.48. The largest absolute Gasteiger partial charge is 0.416 e. The van der Waals surface area contributed by atoms with E-state index in [1.165, 1.54) is 6.07 Å². The zero-order valence-corrected chi connectivity index (χ0v) is 18.0. The number of benzene rings is 2. The lowest BCUT2D eigenvalue weighted by Crippen LogP contribution is -2.44. The molecule has 1 fully saturated rings. The summed E-state index contributed by atoms with van der Waals surface area (Å²) in [4.78, 5) is 25.4. The van der Waals surface area contributed by atoms with Crippen LogP contribution >= 0.6 is 11.8 Å². The number of carbonyl (C=O) groups is 2. The number of hydrogen-bond acceptors (Lipinski definition) is 3. The van der Waals surface area contributed by atoms with Crippen LogP contribution in [0.4, 0.5) is 13.2 Å². The van der Waals surface area contributed by atoms with Crippen molar-refractivity contribution in [2.75, 3.05) is 6.26 Å². The summed E-state index contributed by atoms with van der Waals surface area (Å²) >= 11 is 1.65. The Bertz CT molecular complexity index is 931. The predicted octanol–water partition coefficient (Wildman–Crippen LogP) is 4.72. The molecule has 2 amide bonds. The van der Waals surface area contributed by atoms with Gasteiger partial charge in [-0.1, -0.05) is 24.3 Å². The van der Waals surface area contributed by atoms with E-state index < -0.39 is 17.3 Å². The summed E-state index contributed by atoms with van der Waals surface area (Å²) in [5.74, 6) is -0.277. The van der Waals surface area contributed by atoms with E-state index in [9.17, 15) is 22.8 Å². The molecule has 0 spiro atoms. The third-order valence-electron chi connectivity index (χ3n) is 5.51. The smallest absolute Gasteiger partial charge is 0.352 e. The van der Waals surface area contributed by atoms with Crippen molar-refractivity contribution in [1.82, 2.24) is 10.6 Å². The second-order valence-electron chi connectivity index (χ2n) is 7.83. The zero-order valence-electron chi connectivity index (χ0n) is 17.2. The van der Waals surface area contributed by atoms with Gasteiger partial charge in [-0.3, -0.25) is 9.59 Å². The lowest BCUT2D eigenvalue weighted by Gasteiger charge is -2.29. The monoisotopic (exact) mass is 450 g/mol. The number of alkyl halides is 3. The fraction of sp³-hybridized carbons (Fsp3) is 0.391. The molecule has 8 heteroatoms. The third kappa shape index (κ3) is 6.50. The average Bonchev–Trinajstić information content (AvgIpc) is 3.11. The summed E-state index contributed by atoms with van der Waals surface area (Å²) in [5.41, 5.74) is 0.260. The third-order valence-corrected chi connectivity index (χ3v) is 6.25. The lowest BCUT2D eigenvalue weighted by molar-refractivity contribution is -0.137. The lowest BCUT2D eigenvalue weighted by atomic mass is 9.85. The summed E-state index contributed by atoms with van der Waals surface area (Å²) in [5, 5.41) is 5.74. The average molecular weight is 451 g/mol. The topological polar surface area (TPSA) is 58.2 Å². The van der Waals surface area contributed by atoms with Crippen molar-refractivity contribution in [1.29, 1.82) is 0 Å². The van der Waals surface area contributed by atoms with Crippen LogP contribution in [-0.2, 0) is 28.7 Å². The van der Waals surface area contributed by atoms with Gasteiger partial charge in [-0.05, 0) is 60.9 Å². The molecule has 1 unspecified atom stereocenters. The summed E-state index contributed by atoms with van der Waals surface area (Å²) < 4.78 is 38.5. The highest BCUT2D eigenvalue weighted by molar-refractivity contribution is 7.98. The van der Waals surface area contributed by atoms with Gasteiger partial charge in [-0.2, -0.15) is 13.2 Å². The van der Waals surface area contributed by atoms with E-state index in [0.29, 0.717) is 31.2 Å². The minimum absolute atomic E-state index is 0.0230. The van der Waals surface area contributed by atoms with Gasteiger partial charge in [-0.15, -0.1) is 11.8 Å². The van der Waals surface area contributed by atoms with Gasteiger partial charge in [0.25, 0.3) is 0 Å². The second-order valence-corrected chi connectivity index (χ2v) is 8.71. The molecule has 31 heavy (non-hydrogen) atoms. The first-order valence-electron chi connectivity index (χ1n) is 10.1. The molecular weight excluding hydrogens is 425 g/mol. The van der Waals surface area contributed by atoms with Crippen LogP contribution in [0.1, 0.15) is 42.4 Å². The molecule has 0 aromatic heterocycles. The van der Waals surface area contributed by atoms with E-state index in [0.717, 1.165) is 22.6 Å². The van der Waals surface area contributed by atoms with Gasteiger partial charge in [-0.25, -0.2) is 0 Å². The zero-order chi connectivity index (χ0) is 22.5. The van der Waals surface area contributed by atoms with Gasteiger partial charge in [0.05, 0.1) is 5.56 Å². The number of carbonyl (C=O) groups excluding carboxylic acids is 2. The van der Waals surface area contributed by atoms with Crippen molar-refractivity contribution in [2.24, 2.45) is 0 Å². The Morgan fingerprint density at radius 1 is 1.16 bits per heavy atom. The molecule has 1 aliphatic rings. The van der Waals surface area contributed by atoms with Crippen molar-refractivity contribution in [3.63, 3.8) is 0 Å². The van der Waals surface area contributed by atoms with E-state index in [-0.39, 0.29) is 24.8 Å². The minimum atomic E-state index is -4.42. The van der Waals surface area contributed by atoms with E-state index in [4.69, 9.17) is 0 Å². The predicted molar refractivity (Wildman–Crippen MR) is 115 cm³/mol. The first-order valence-corrected chi connectivity index (χ1v) is 11.3. The van der Waals surface area contributed by atoms with Crippen molar-refractivity contribution in [2.45, 2.75) is 55.3 Å². The Balaban J connectivity index is 1.57. The first-order chi connectivity index (χ1) is 14.7. The summed E-state index contributed by atoms with van der Waals surface area (Å²) in [6, 6.07) is 13.1. The molecule has 2 N–H and O–H groups in total. The molecule has 1 aliphatic heterocycles. The van der Waals surface area contributed by atoms with Gasteiger partial charge < -0.3 is 10.6 Å². The molecule has 166 valence electrons. The van der Waals surface area contributed by atoms with Crippen molar-refractivity contribution in [3.8, 4) is 0 Å². The number of hydrogen-bond donors (Lipinski definition) is 2. The maximum atomic E-state index is 12.8. The van der Waals surface area contributed by atoms with Crippen molar-refractivity contribution in [3.05, 3.63) is 65.2 Å². The van der Waals surface area contributed by atoms with Crippen LogP contribution in [0.15, 0.2) is 53.4 Å². The second kappa shape index (κ2) is 9.77.